The molecule has 0 aliphatic carbocycles. The Bertz CT molecular complexity index is 239. The summed E-state index contributed by atoms with van der Waals surface area (Å²) in [6, 6.07) is 0. The van der Waals surface area contributed by atoms with Gasteiger partial charge in [0.1, 0.15) is 13.5 Å². The third-order valence-corrected chi connectivity index (χ3v) is 3.35. The Labute approximate surface area is 98.5 Å². The van der Waals surface area contributed by atoms with Gasteiger partial charge in [-0.1, -0.05) is 0 Å². The summed E-state index contributed by atoms with van der Waals surface area (Å²) < 4.78 is 11.8. The second-order valence-electron chi connectivity index (χ2n) is 6.65. The fourth-order valence-electron chi connectivity index (χ4n) is 2.26. The lowest BCUT2D eigenvalue weighted by atomic mass is 10.1. The molecule has 0 radical (unpaired) electrons. The molecule has 0 aromatic heterocycles. The van der Waals surface area contributed by atoms with E-state index in [2.05, 4.69) is 51.3 Å². The summed E-state index contributed by atoms with van der Waals surface area (Å²) in [6.07, 6.45) is 0.165. The number of rotatable bonds is 0. The van der Waals surface area contributed by atoms with Gasteiger partial charge in [-0.2, -0.15) is 0 Å². The fraction of sp³-hybridized carbons (Fsp3) is 1.00. The summed E-state index contributed by atoms with van der Waals surface area (Å²) in [4.78, 5) is 4.56. The van der Waals surface area contributed by atoms with Gasteiger partial charge in [-0.15, -0.1) is 0 Å². The maximum atomic E-state index is 5.88. The molecule has 0 aromatic carbocycles. The van der Waals surface area contributed by atoms with Crippen LogP contribution in [0.2, 0.25) is 0 Å². The molecule has 0 N–H and O–H groups in total. The molecule has 2 atom stereocenters. The van der Waals surface area contributed by atoms with E-state index in [0.717, 1.165) is 0 Å². The van der Waals surface area contributed by atoms with Crippen molar-refractivity contribution in [2.24, 2.45) is 0 Å². The maximum absolute atomic E-state index is 5.88. The molecule has 4 nitrogen and oxygen atoms in total. The minimum Gasteiger partial charge on any atom is -0.343 e. The third kappa shape index (κ3) is 1.99. The van der Waals surface area contributed by atoms with E-state index in [1.807, 2.05) is 0 Å². The molecule has 2 fully saturated rings. The van der Waals surface area contributed by atoms with E-state index in [4.69, 9.17) is 9.47 Å². The van der Waals surface area contributed by atoms with E-state index in [0.29, 0.717) is 13.5 Å². The highest BCUT2D eigenvalue weighted by atomic mass is 16.6. The summed E-state index contributed by atoms with van der Waals surface area (Å²) >= 11 is 0. The maximum Gasteiger partial charge on any atom is 0.154 e. The van der Waals surface area contributed by atoms with Gasteiger partial charge in [0.2, 0.25) is 0 Å². The smallest absolute Gasteiger partial charge is 0.154 e. The molecule has 0 bridgehead atoms. The van der Waals surface area contributed by atoms with Crippen LogP contribution < -0.4 is 0 Å². The van der Waals surface area contributed by atoms with Crippen LogP contribution in [0.25, 0.3) is 0 Å². The van der Waals surface area contributed by atoms with Crippen LogP contribution in [0.4, 0.5) is 0 Å². The van der Waals surface area contributed by atoms with Crippen molar-refractivity contribution >= 4 is 0 Å². The summed E-state index contributed by atoms with van der Waals surface area (Å²) in [5, 5.41) is 0. The average Bonchev–Trinajstić information content (AvgIpc) is 2.54. The van der Waals surface area contributed by atoms with E-state index in [9.17, 15) is 0 Å². The van der Waals surface area contributed by atoms with Crippen LogP contribution >= 0.6 is 0 Å². The highest BCUT2D eigenvalue weighted by Gasteiger charge is 2.50. The van der Waals surface area contributed by atoms with Gasteiger partial charge < -0.3 is 9.47 Å². The summed E-state index contributed by atoms with van der Waals surface area (Å²) in [6.45, 7) is 14.5. The molecule has 0 spiro atoms. The van der Waals surface area contributed by atoms with Gasteiger partial charge in [-0.25, -0.2) is 9.80 Å². The molecule has 0 aromatic rings. The number of ether oxygens (including phenoxy) is 2. The second kappa shape index (κ2) is 3.67. The van der Waals surface area contributed by atoms with Crippen LogP contribution in [-0.4, -0.2) is 46.8 Å². The topological polar surface area (TPSA) is 24.9 Å². The Kier molecular flexibility index (Phi) is 2.82. The summed E-state index contributed by atoms with van der Waals surface area (Å²) in [7, 11) is 0. The highest BCUT2D eigenvalue weighted by Crippen LogP contribution is 2.36. The van der Waals surface area contributed by atoms with E-state index in [1.54, 1.807) is 0 Å². The quantitative estimate of drug-likeness (QED) is 0.631. The van der Waals surface area contributed by atoms with E-state index < -0.39 is 0 Å². The van der Waals surface area contributed by atoms with Crippen molar-refractivity contribution < 1.29 is 9.47 Å². The molecule has 2 unspecified atom stereocenters. The van der Waals surface area contributed by atoms with Gasteiger partial charge in [0.05, 0.1) is 0 Å². The van der Waals surface area contributed by atoms with Gasteiger partial charge in [0.25, 0.3) is 0 Å². The van der Waals surface area contributed by atoms with Gasteiger partial charge in [0, 0.05) is 11.1 Å². The van der Waals surface area contributed by atoms with Gasteiger partial charge in [-0.05, 0) is 41.5 Å². The first-order valence-corrected chi connectivity index (χ1v) is 5.98. The minimum atomic E-state index is 0.0826. The summed E-state index contributed by atoms with van der Waals surface area (Å²) in [5.74, 6) is 0. The molecule has 0 saturated carbocycles. The van der Waals surface area contributed by atoms with Crippen LogP contribution in [0.1, 0.15) is 41.5 Å². The summed E-state index contributed by atoms with van der Waals surface area (Å²) in [5.41, 5.74) is 0.181. The lowest BCUT2D eigenvalue weighted by Crippen LogP contribution is -2.49. The fourth-order valence-corrected chi connectivity index (χ4v) is 2.26. The average molecular weight is 228 g/mol. The number of hydrogen-bond donors (Lipinski definition) is 0. The predicted molar refractivity (Wildman–Crippen MR) is 62.7 cm³/mol. The Balaban J connectivity index is 2.13. The molecule has 16 heavy (non-hydrogen) atoms. The SMILES string of the molecule is CC(C)(C)N1COC2C1OCN2C(C)(C)C. The van der Waals surface area contributed by atoms with Crippen LogP contribution in [0.5, 0.6) is 0 Å². The Hall–Kier alpha value is -0.160. The van der Waals surface area contributed by atoms with Crippen molar-refractivity contribution in [1.82, 2.24) is 9.80 Å². The lowest BCUT2D eigenvalue weighted by molar-refractivity contribution is -0.0763. The molecule has 2 saturated heterocycles. The molecule has 0 amide bonds. The first-order chi connectivity index (χ1) is 7.21. The van der Waals surface area contributed by atoms with Crippen LogP contribution in [0.3, 0.4) is 0 Å². The minimum absolute atomic E-state index is 0.0826. The molecular formula is C12H24N2O2. The monoisotopic (exact) mass is 228 g/mol. The van der Waals surface area contributed by atoms with Crippen molar-refractivity contribution in [2.45, 2.75) is 65.1 Å². The van der Waals surface area contributed by atoms with Crippen molar-refractivity contribution in [3.8, 4) is 0 Å². The molecule has 4 heteroatoms. The third-order valence-electron chi connectivity index (χ3n) is 3.35. The van der Waals surface area contributed by atoms with Crippen molar-refractivity contribution in [3.63, 3.8) is 0 Å². The zero-order valence-corrected chi connectivity index (χ0v) is 11.3. The van der Waals surface area contributed by atoms with E-state index in [-0.39, 0.29) is 23.5 Å². The highest BCUT2D eigenvalue weighted by molar-refractivity contribution is 4.92. The molecule has 2 aliphatic heterocycles. The molecule has 94 valence electrons. The lowest BCUT2D eigenvalue weighted by Gasteiger charge is -2.34. The van der Waals surface area contributed by atoms with Gasteiger partial charge in [-0.3, -0.25) is 0 Å². The first-order valence-electron chi connectivity index (χ1n) is 5.98. The van der Waals surface area contributed by atoms with Crippen molar-refractivity contribution in [3.05, 3.63) is 0 Å². The molecule has 2 heterocycles. The largest absolute Gasteiger partial charge is 0.343 e. The predicted octanol–water partition coefficient (Wildman–Crippen LogP) is 1.81. The Morgan fingerprint density at radius 3 is 1.31 bits per heavy atom. The van der Waals surface area contributed by atoms with E-state index in [1.165, 1.54) is 0 Å². The van der Waals surface area contributed by atoms with Crippen LogP contribution in [0.15, 0.2) is 0 Å². The van der Waals surface area contributed by atoms with Crippen LogP contribution in [-0.2, 0) is 9.47 Å². The van der Waals surface area contributed by atoms with Gasteiger partial charge in [0.15, 0.2) is 12.5 Å². The van der Waals surface area contributed by atoms with Crippen molar-refractivity contribution in [1.29, 1.82) is 0 Å². The molecule has 2 rings (SSSR count). The standard InChI is InChI=1S/C12H24N2O2/c1-11(2,3)13-7-15-10-9(13)16-8-14(10)12(4,5)6/h9-10H,7-8H2,1-6H3. The van der Waals surface area contributed by atoms with Gasteiger partial charge >= 0.3 is 0 Å². The Morgan fingerprint density at radius 1 is 0.750 bits per heavy atom. The van der Waals surface area contributed by atoms with Crippen LogP contribution in [0, 0.1) is 0 Å². The number of fused-ring (bicyclic) bond motifs is 1. The first kappa shape index (κ1) is 12.3. The molecular weight excluding hydrogens is 204 g/mol. The zero-order chi connectivity index (χ0) is 12.1. The normalized spacial score (nSPS) is 33.4. The Morgan fingerprint density at radius 2 is 1.06 bits per heavy atom. The zero-order valence-electron chi connectivity index (χ0n) is 11.3. The van der Waals surface area contributed by atoms with E-state index >= 15 is 0 Å². The second-order valence-corrected chi connectivity index (χ2v) is 6.65. The number of hydrogen-bond acceptors (Lipinski definition) is 4. The molecule has 2 aliphatic rings. The van der Waals surface area contributed by atoms with Crippen molar-refractivity contribution in [2.75, 3.05) is 13.5 Å². The number of nitrogens with zero attached hydrogens (tertiary/aromatic N) is 2.